The summed E-state index contributed by atoms with van der Waals surface area (Å²) in [5.41, 5.74) is 0. The van der Waals surface area contributed by atoms with Gasteiger partial charge in [-0.15, -0.1) is 0 Å². The standard InChI is InChI=1S/C9H20N2O/c1-7(2)8(3)11-6-5-9(12)10-4/h7-8,11H,5-6H2,1-4H3,(H,10,12). The van der Waals surface area contributed by atoms with E-state index in [2.05, 4.69) is 31.4 Å². The normalized spacial score (nSPS) is 13.1. The number of carbonyl (C=O) groups excluding carboxylic acids is 1. The van der Waals surface area contributed by atoms with Crippen LogP contribution in [-0.2, 0) is 4.79 Å². The molecule has 0 saturated carbocycles. The lowest BCUT2D eigenvalue weighted by atomic mass is 10.1. The molecule has 3 nitrogen and oxygen atoms in total. The summed E-state index contributed by atoms with van der Waals surface area (Å²) in [7, 11) is 1.66. The minimum absolute atomic E-state index is 0.0958. The number of rotatable bonds is 5. The average molecular weight is 172 g/mol. The molecule has 0 aromatic rings. The first-order valence-electron chi connectivity index (χ1n) is 4.52. The molecule has 2 N–H and O–H groups in total. The summed E-state index contributed by atoms with van der Waals surface area (Å²) in [4.78, 5) is 10.8. The Kier molecular flexibility index (Phi) is 5.72. The predicted octanol–water partition coefficient (Wildman–Crippen LogP) is 0.757. The molecule has 0 heterocycles. The predicted molar refractivity (Wildman–Crippen MR) is 51.0 cm³/mol. The minimum Gasteiger partial charge on any atom is -0.359 e. The van der Waals surface area contributed by atoms with E-state index in [1.165, 1.54) is 0 Å². The molecule has 0 aromatic heterocycles. The Bertz CT molecular complexity index is 134. The van der Waals surface area contributed by atoms with Crippen LogP contribution in [-0.4, -0.2) is 25.5 Å². The Labute approximate surface area is 74.9 Å². The molecule has 3 heteroatoms. The zero-order valence-electron chi connectivity index (χ0n) is 8.48. The van der Waals surface area contributed by atoms with Crippen molar-refractivity contribution in [3.8, 4) is 0 Å². The first kappa shape index (κ1) is 11.4. The van der Waals surface area contributed by atoms with Gasteiger partial charge in [0.15, 0.2) is 0 Å². The Morgan fingerprint density at radius 2 is 1.92 bits per heavy atom. The Morgan fingerprint density at radius 1 is 1.33 bits per heavy atom. The highest BCUT2D eigenvalue weighted by Gasteiger charge is 2.05. The molecule has 0 aliphatic heterocycles. The fourth-order valence-corrected chi connectivity index (χ4v) is 0.774. The van der Waals surface area contributed by atoms with E-state index in [4.69, 9.17) is 0 Å². The second-order valence-corrected chi connectivity index (χ2v) is 3.41. The maximum atomic E-state index is 10.8. The highest BCUT2D eigenvalue weighted by molar-refractivity contribution is 5.75. The van der Waals surface area contributed by atoms with E-state index < -0.39 is 0 Å². The monoisotopic (exact) mass is 172 g/mol. The minimum atomic E-state index is 0.0958. The summed E-state index contributed by atoms with van der Waals surface area (Å²) in [5.74, 6) is 0.716. The number of hydrogen-bond acceptors (Lipinski definition) is 2. The summed E-state index contributed by atoms with van der Waals surface area (Å²) in [5, 5.41) is 5.88. The van der Waals surface area contributed by atoms with Crippen molar-refractivity contribution in [3.05, 3.63) is 0 Å². The van der Waals surface area contributed by atoms with Crippen LogP contribution in [0.2, 0.25) is 0 Å². The largest absolute Gasteiger partial charge is 0.359 e. The molecule has 12 heavy (non-hydrogen) atoms. The third kappa shape index (κ3) is 5.13. The van der Waals surface area contributed by atoms with E-state index in [0.29, 0.717) is 18.4 Å². The summed E-state index contributed by atoms with van der Waals surface area (Å²) in [6, 6.07) is 0.481. The van der Waals surface area contributed by atoms with E-state index in [-0.39, 0.29) is 5.91 Å². The lowest BCUT2D eigenvalue weighted by Gasteiger charge is -2.16. The molecule has 1 atom stereocenters. The summed E-state index contributed by atoms with van der Waals surface area (Å²) >= 11 is 0. The SMILES string of the molecule is CNC(=O)CCNC(C)C(C)C. The van der Waals surface area contributed by atoms with Gasteiger partial charge in [-0.2, -0.15) is 0 Å². The highest BCUT2D eigenvalue weighted by Crippen LogP contribution is 1.98. The molecular weight excluding hydrogens is 152 g/mol. The average Bonchev–Trinajstić information content (AvgIpc) is 2.03. The molecule has 0 fully saturated rings. The van der Waals surface area contributed by atoms with Gasteiger partial charge in [0.25, 0.3) is 0 Å². The molecule has 0 bridgehead atoms. The molecular formula is C9H20N2O. The molecule has 0 saturated heterocycles. The highest BCUT2D eigenvalue weighted by atomic mass is 16.1. The number of carbonyl (C=O) groups is 1. The summed E-state index contributed by atoms with van der Waals surface area (Å²) in [6.45, 7) is 7.22. The van der Waals surface area contributed by atoms with Crippen molar-refractivity contribution in [2.75, 3.05) is 13.6 Å². The van der Waals surface area contributed by atoms with Crippen LogP contribution in [0.3, 0.4) is 0 Å². The van der Waals surface area contributed by atoms with Gasteiger partial charge in [0.1, 0.15) is 0 Å². The van der Waals surface area contributed by atoms with E-state index in [1.54, 1.807) is 7.05 Å². The number of hydrogen-bond donors (Lipinski definition) is 2. The molecule has 0 aliphatic rings. The zero-order valence-corrected chi connectivity index (χ0v) is 8.48. The summed E-state index contributed by atoms with van der Waals surface area (Å²) in [6.07, 6.45) is 0.563. The van der Waals surface area contributed by atoms with Crippen molar-refractivity contribution in [1.29, 1.82) is 0 Å². The van der Waals surface area contributed by atoms with Gasteiger partial charge >= 0.3 is 0 Å². The first-order valence-corrected chi connectivity index (χ1v) is 4.52. The van der Waals surface area contributed by atoms with Gasteiger partial charge in [-0.3, -0.25) is 4.79 Å². The van der Waals surface area contributed by atoms with Gasteiger partial charge in [-0.25, -0.2) is 0 Å². The van der Waals surface area contributed by atoms with E-state index in [0.717, 1.165) is 6.54 Å². The number of amides is 1. The van der Waals surface area contributed by atoms with Crippen molar-refractivity contribution >= 4 is 5.91 Å². The molecule has 72 valence electrons. The van der Waals surface area contributed by atoms with Crippen LogP contribution in [0.1, 0.15) is 27.2 Å². The third-order valence-electron chi connectivity index (χ3n) is 2.10. The van der Waals surface area contributed by atoms with E-state index in [9.17, 15) is 4.79 Å². The Balaban J connectivity index is 3.37. The molecule has 0 radical (unpaired) electrons. The van der Waals surface area contributed by atoms with Crippen molar-refractivity contribution in [2.45, 2.75) is 33.2 Å². The van der Waals surface area contributed by atoms with Gasteiger partial charge in [0, 0.05) is 26.1 Å². The summed E-state index contributed by atoms with van der Waals surface area (Å²) < 4.78 is 0. The molecule has 0 aromatic carbocycles. The second-order valence-electron chi connectivity index (χ2n) is 3.41. The van der Waals surface area contributed by atoms with Crippen molar-refractivity contribution < 1.29 is 4.79 Å². The fourth-order valence-electron chi connectivity index (χ4n) is 0.774. The van der Waals surface area contributed by atoms with Crippen LogP contribution < -0.4 is 10.6 Å². The molecule has 0 rings (SSSR count). The lowest BCUT2D eigenvalue weighted by molar-refractivity contribution is -0.120. The smallest absolute Gasteiger partial charge is 0.221 e. The third-order valence-corrected chi connectivity index (χ3v) is 2.10. The van der Waals surface area contributed by atoms with Crippen molar-refractivity contribution in [2.24, 2.45) is 5.92 Å². The molecule has 0 aliphatic carbocycles. The van der Waals surface area contributed by atoms with E-state index >= 15 is 0 Å². The van der Waals surface area contributed by atoms with Crippen molar-refractivity contribution in [1.82, 2.24) is 10.6 Å². The van der Waals surface area contributed by atoms with Crippen LogP contribution in [0, 0.1) is 5.92 Å². The Morgan fingerprint density at radius 3 is 2.33 bits per heavy atom. The first-order chi connectivity index (χ1) is 5.57. The van der Waals surface area contributed by atoms with Crippen LogP contribution in [0.25, 0.3) is 0 Å². The van der Waals surface area contributed by atoms with Crippen LogP contribution >= 0.6 is 0 Å². The molecule has 1 unspecified atom stereocenters. The van der Waals surface area contributed by atoms with Gasteiger partial charge in [-0.1, -0.05) is 13.8 Å². The van der Waals surface area contributed by atoms with Crippen LogP contribution in [0.5, 0.6) is 0 Å². The Hall–Kier alpha value is -0.570. The van der Waals surface area contributed by atoms with Gasteiger partial charge in [0.2, 0.25) is 5.91 Å². The van der Waals surface area contributed by atoms with E-state index in [1.807, 2.05) is 0 Å². The molecule has 1 amide bonds. The fraction of sp³-hybridized carbons (Fsp3) is 0.889. The van der Waals surface area contributed by atoms with Gasteiger partial charge in [-0.05, 0) is 12.8 Å². The van der Waals surface area contributed by atoms with Crippen molar-refractivity contribution in [3.63, 3.8) is 0 Å². The quantitative estimate of drug-likeness (QED) is 0.642. The van der Waals surface area contributed by atoms with Crippen LogP contribution in [0.4, 0.5) is 0 Å². The molecule has 0 spiro atoms. The topological polar surface area (TPSA) is 41.1 Å². The van der Waals surface area contributed by atoms with Gasteiger partial charge in [0.05, 0.1) is 0 Å². The maximum Gasteiger partial charge on any atom is 0.221 e. The second kappa shape index (κ2) is 6.00. The number of nitrogens with one attached hydrogen (secondary N) is 2. The zero-order chi connectivity index (χ0) is 9.56. The lowest BCUT2D eigenvalue weighted by Crippen LogP contribution is -2.33. The van der Waals surface area contributed by atoms with Crippen LogP contribution in [0.15, 0.2) is 0 Å². The van der Waals surface area contributed by atoms with Gasteiger partial charge < -0.3 is 10.6 Å². The maximum absolute atomic E-state index is 10.8.